The molecule has 0 spiro atoms. The quantitative estimate of drug-likeness (QED) is 0.890. The van der Waals surface area contributed by atoms with Crippen LogP contribution in [-0.4, -0.2) is 17.1 Å². The van der Waals surface area contributed by atoms with E-state index < -0.39 is 12.0 Å². The third-order valence-corrected chi connectivity index (χ3v) is 2.77. The number of halogens is 1. The molecule has 4 heteroatoms. The van der Waals surface area contributed by atoms with E-state index in [1.807, 2.05) is 45.0 Å². The third-order valence-electron chi connectivity index (χ3n) is 2.28. The summed E-state index contributed by atoms with van der Waals surface area (Å²) in [6.07, 6.45) is 0.578. The predicted molar refractivity (Wildman–Crippen MR) is 73.3 cm³/mol. The van der Waals surface area contributed by atoms with Crippen molar-refractivity contribution in [1.29, 1.82) is 0 Å². The van der Waals surface area contributed by atoms with Gasteiger partial charge in [0.15, 0.2) is 0 Å². The van der Waals surface area contributed by atoms with Crippen molar-refractivity contribution < 1.29 is 9.90 Å². The van der Waals surface area contributed by atoms with Gasteiger partial charge < -0.3 is 10.4 Å². The zero-order valence-corrected chi connectivity index (χ0v) is 11.9. The van der Waals surface area contributed by atoms with Crippen molar-refractivity contribution in [1.82, 2.24) is 0 Å². The molecule has 0 aliphatic carbocycles. The number of aliphatic carboxylic acids is 1. The van der Waals surface area contributed by atoms with Gasteiger partial charge in [0.05, 0.1) is 0 Å². The minimum atomic E-state index is -0.820. The van der Waals surface area contributed by atoms with Crippen molar-refractivity contribution in [2.45, 2.75) is 33.2 Å². The molecule has 0 aromatic heterocycles. The maximum absolute atomic E-state index is 11.2. The van der Waals surface area contributed by atoms with Crippen LogP contribution in [0.1, 0.15) is 27.2 Å². The van der Waals surface area contributed by atoms with E-state index in [2.05, 4.69) is 21.2 Å². The van der Waals surface area contributed by atoms with Gasteiger partial charge in [0.2, 0.25) is 0 Å². The maximum atomic E-state index is 11.2. The van der Waals surface area contributed by atoms with Crippen molar-refractivity contribution in [2.24, 2.45) is 5.41 Å². The molecule has 17 heavy (non-hydrogen) atoms. The first kappa shape index (κ1) is 14.0. The molecule has 1 aromatic carbocycles. The molecule has 0 radical (unpaired) electrons. The molecule has 2 N–H and O–H groups in total. The highest BCUT2D eigenvalue weighted by Gasteiger charge is 2.24. The molecule has 0 aliphatic rings. The fourth-order valence-electron chi connectivity index (χ4n) is 1.59. The van der Waals surface area contributed by atoms with E-state index in [-0.39, 0.29) is 5.41 Å². The molecular weight excluding hydrogens is 282 g/mol. The number of hydrogen-bond acceptors (Lipinski definition) is 2. The summed E-state index contributed by atoms with van der Waals surface area (Å²) in [4.78, 5) is 11.2. The molecule has 1 atom stereocenters. The van der Waals surface area contributed by atoms with Crippen molar-refractivity contribution in [3.05, 3.63) is 28.7 Å². The van der Waals surface area contributed by atoms with Crippen LogP contribution in [0.5, 0.6) is 0 Å². The van der Waals surface area contributed by atoms with Crippen molar-refractivity contribution in [3.63, 3.8) is 0 Å². The second-order valence-electron chi connectivity index (χ2n) is 5.31. The lowest BCUT2D eigenvalue weighted by molar-refractivity contribution is -0.138. The Bertz CT molecular complexity index is 399. The van der Waals surface area contributed by atoms with E-state index in [1.54, 1.807) is 0 Å². The number of carboxylic acids is 1. The van der Waals surface area contributed by atoms with E-state index in [4.69, 9.17) is 0 Å². The molecule has 94 valence electrons. The standard InChI is InChI=1S/C13H18BrNO2/c1-13(2,3)8-11(12(16)17)15-10-6-4-5-9(14)7-10/h4-7,11,15H,8H2,1-3H3,(H,16,17). The third kappa shape index (κ3) is 5.22. The van der Waals surface area contributed by atoms with Gasteiger partial charge in [-0.2, -0.15) is 0 Å². The lowest BCUT2D eigenvalue weighted by Crippen LogP contribution is -2.33. The first-order valence-corrected chi connectivity index (χ1v) is 6.32. The second kappa shape index (κ2) is 5.54. The second-order valence-corrected chi connectivity index (χ2v) is 6.23. The van der Waals surface area contributed by atoms with Gasteiger partial charge in [-0.25, -0.2) is 4.79 Å². The lowest BCUT2D eigenvalue weighted by atomic mass is 9.88. The maximum Gasteiger partial charge on any atom is 0.326 e. The number of hydrogen-bond donors (Lipinski definition) is 2. The molecule has 0 heterocycles. The number of nitrogens with one attached hydrogen (secondary N) is 1. The highest BCUT2D eigenvalue weighted by Crippen LogP contribution is 2.24. The topological polar surface area (TPSA) is 49.3 Å². The van der Waals surface area contributed by atoms with E-state index >= 15 is 0 Å². The molecule has 1 rings (SSSR count). The molecule has 0 bridgehead atoms. The molecular formula is C13H18BrNO2. The number of carbonyl (C=O) groups is 1. The van der Waals surface area contributed by atoms with Crippen LogP contribution in [0.4, 0.5) is 5.69 Å². The number of anilines is 1. The normalized spacial score (nSPS) is 13.2. The summed E-state index contributed by atoms with van der Waals surface area (Å²) in [5.74, 6) is -0.820. The zero-order valence-electron chi connectivity index (χ0n) is 10.3. The minimum absolute atomic E-state index is 0.0257. The van der Waals surface area contributed by atoms with Crippen molar-refractivity contribution in [3.8, 4) is 0 Å². The molecule has 3 nitrogen and oxygen atoms in total. The van der Waals surface area contributed by atoms with Crippen LogP contribution in [-0.2, 0) is 4.79 Å². The van der Waals surface area contributed by atoms with Gasteiger partial charge in [0.1, 0.15) is 6.04 Å². The van der Waals surface area contributed by atoms with Gasteiger partial charge in [0, 0.05) is 10.2 Å². The van der Waals surface area contributed by atoms with E-state index in [1.165, 1.54) is 0 Å². The van der Waals surface area contributed by atoms with E-state index in [0.717, 1.165) is 10.2 Å². The van der Waals surface area contributed by atoms with Gasteiger partial charge in [-0.15, -0.1) is 0 Å². The van der Waals surface area contributed by atoms with Crippen LogP contribution >= 0.6 is 15.9 Å². The van der Waals surface area contributed by atoms with E-state index in [9.17, 15) is 9.90 Å². The minimum Gasteiger partial charge on any atom is -0.480 e. The van der Waals surface area contributed by atoms with Crippen LogP contribution in [0.25, 0.3) is 0 Å². The molecule has 1 unspecified atom stereocenters. The van der Waals surface area contributed by atoms with Crippen LogP contribution in [0, 0.1) is 5.41 Å². The number of benzene rings is 1. The molecule has 0 amide bonds. The Morgan fingerprint density at radius 2 is 2.12 bits per heavy atom. The Morgan fingerprint density at radius 3 is 2.59 bits per heavy atom. The molecule has 0 saturated heterocycles. The SMILES string of the molecule is CC(C)(C)CC(Nc1cccc(Br)c1)C(=O)O. The molecule has 1 aromatic rings. The van der Waals surface area contributed by atoms with Crippen LogP contribution in [0.15, 0.2) is 28.7 Å². The summed E-state index contributed by atoms with van der Waals surface area (Å²) in [6, 6.07) is 6.96. The average molecular weight is 300 g/mol. The summed E-state index contributed by atoms with van der Waals surface area (Å²) >= 11 is 3.36. The first-order valence-electron chi connectivity index (χ1n) is 5.53. The smallest absolute Gasteiger partial charge is 0.326 e. The fourth-order valence-corrected chi connectivity index (χ4v) is 1.99. The Morgan fingerprint density at radius 1 is 1.47 bits per heavy atom. The molecule has 0 fully saturated rings. The summed E-state index contributed by atoms with van der Waals surface area (Å²) in [5, 5.41) is 12.2. The first-order chi connectivity index (χ1) is 7.78. The Kier molecular flexibility index (Phi) is 4.57. The van der Waals surface area contributed by atoms with Crippen LogP contribution in [0.3, 0.4) is 0 Å². The van der Waals surface area contributed by atoms with Crippen molar-refractivity contribution >= 4 is 27.6 Å². The number of carboxylic acid groups (broad SMARTS) is 1. The van der Waals surface area contributed by atoms with E-state index in [0.29, 0.717) is 6.42 Å². The van der Waals surface area contributed by atoms with Gasteiger partial charge in [-0.1, -0.05) is 42.8 Å². The largest absolute Gasteiger partial charge is 0.480 e. The van der Waals surface area contributed by atoms with Gasteiger partial charge >= 0.3 is 5.97 Å². The zero-order chi connectivity index (χ0) is 13.1. The lowest BCUT2D eigenvalue weighted by Gasteiger charge is -2.24. The average Bonchev–Trinajstić information content (AvgIpc) is 2.14. The monoisotopic (exact) mass is 299 g/mol. The van der Waals surface area contributed by atoms with Crippen LogP contribution < -0.4 is 5.32 Å². The Balaban J connectivity index is 2.77. The molecule has 0 saturated carbocycles. The number of rotatable bonds is 4. The summed E-state index contributed by atoms with van der Waals surface area (Å²) in [6.45, 7) is 6.10. The highest BCUT2D eigenvalue weighted by molar-refractivity contribution is 9.10. The van der Waals surface area contributed by atoms with Gasteiger partial charge in [-0.3, -0.25) is 0 Å². The molecule has 0 aliphatic heterocycles. The summed E-state index contributed by atoms with van der Waals surface area (Å²) in [7, 11) is 0. The van der Waals surface area contributed by atoms with Crippen LogP contribution in [0.2, 0.25) is 0 Å². The predicted octanol–water partition coefficient (Wildman–Crippen LogP) is 3.75. The van der Waals surface area contributed by atoms with Gasteiger partial charge in [0.25, 0.3) is 0 Å². The summed E-state index contributed by atoms with van der Waals surface area (Å²) in [5.41, 5.74) is 0.790. The van der Waals surface area contributed by atoms with Crippen molar-refractivity contribution in [2.75, 3.05) is 5.32 Å². The Labute approximate surface area is 110 Å². The highest BCUT2D eigenvalue weighted by atomic mass is 79.9. The fraction of sp³-hybridized carbons (Fsp3) is 0.462. The van der Waals surface area contributed by atoms with Gasteiger partial charge in [-0.05, 0) is 30.0 Å². The Hall–Kier alpha value is -1.03. The summed E-state index contributed by atoms with van der Waals surface area (Å²) < 4.78 is 0.933.